The van der Waals surface area contributed by atoms with Gasteiger partial charge in [0.25, 0.3) is 5.91 Å². The lowest BCUT2D eigenvalue weighted by Gasteiger charge is -2.30. The van der Waals surface area contributed by atoms with Crippen LogP contribution in [0.5, 0.6) is 0 Å². The predicted octanol–water partition coefficient (Wildman–Crippen LogP) is 3.29. The van der Waals surface area contributed by atoms with E-state index < -0.39 is 11.7 Å². The van der Waals surface area contributed by atoms with Gasteiger partial charge in [0.05, 0.1) is 5.56 Å². The number of hydrogen-bond donors (Lipinski definition) is 4. The van der Waals surface area contributed by atoms with Crippen LogP contribution >= 0.6 is 0 Å². The normalized spacial score (nSPS) is 19.1. The molecule has 1 aromatic carbocycles. The Bertz CT molecular complexity index is 1060. The fraction of sp³-hybridized carbons (Fsp3) is 0.286. The molecule has 8 heteroatoms. The van der Waals surface area contributed by atoms with Crippen molar-refractivity contribution >= 4 is 34.0 Å². The molecule has 2 aromatic heterocycles. The molecule has 6 N–H and O–H groups in total. The number of pyridine rings is 2. The number of halogens is 1. The molecule has 0 saturated heterocycles. The monoisotopic (exact) mass is 394 g/mol. The summed E-state index contributed by atoms with van der Waals surface area (Å²) in [5.41, 5.74) is 12.3. The van der Waals surface area contributed by atoms with E-state index >= 15 is 0 Å². The van der Waals surface area contributed by atoms with Crippen molar-refractivity contribution in [2.24, 2.45) is 11.5 Å². The number of carbonyl (C=O) groups excluding carboxylic acids is 1. The Morgan fingerprint density at radius 2 is 1.93 bits per heavy atom. The van der Waals surface area contributed by atoms with Gasteiger partial charge in [-0.15, -0.1) is 0 Å². The van der Waals surface area contributed by atoms with Crippen molar-refractivity contribution in [2.45, 2.75) is 37.8 Å². The van der Waals surface area contributed by atoms with Gasteiger partial charge in [-0.25, -0.2) is 9.37 Å². The lowest BCUT2D eigenvalue weighted by Crippen LogP contribution is -2.43. The van der Waals surface area contributed by atoms with E-state index in [9.17, 15) is 9.18 Å². The molecule has 0 spiro atoms. The number of anilines is 3. The summed E-state index contributed by atoms with van der Waals surface area (Å²) in [6, 6.07) is 8.50. The molecule has 1 saturated carbocycles. The van der Waals surface area contributed by atoms with Crippen LogP contribution in [-0.2, 0) is 0 Å². The first kappa shape index (κ1) is 19.1. The van der Waals surface area contributed by atoms with E-state index in [0.717, 1.165) is 42.5 Å². The molecule has 0 bridgehead atoms. The van der Waals surface area contributed by atoms with Gasteiger partial charge < -0.3 is 22.1 Å². The minimum atomic E-state index is -0.759. The molecule has 2 heterocycles. The highest BCUT2D eigenvalue weighted by molar-refractivity contribution is 5.99. The average Bonchev–Trinajstić information content (AvgIpc) is 2.71. The molecule has 2 unspecified atom stereocenters. The van der Waals surface area contributed by atoms with Gasteiger partial charge in [0, 0.05) is 35.6 Å². The summed E-state index contributed by atoms with van der Waals surface area (Å²) < 4.78 is 14.6. The maximum Gasteiger partial charge on any atom is 0.252 e. The Morgan fingerprint density at radius 1 is 1.10 bits per heavy atom. The molecule has 29 heavy (non-hydrogen) atoms. The fourth-order valence-corrected chi connectivity index (χ4v) is 3.69. The molecule has 1 fully saturated rings. The van der Waals surface area contributed by atoms with Crippen LogP contribution in [0.25, 0.3) is 10.8 Å². The molecule has 2 atom stereocenters. The molecule has 1 aliphatic rings. The van der Waals surface area contributed by atoms with Gasteiger partial charge in [-0.3, -0.25) is 9.78 Å². The number of hydrogen-bond acceptors (Lipinski definition) is 6. The zero-order valence-electron chi connectivity index (χ0n) is 15.9. The molecule has 0 radical (unpaired) electrons. The minimum Gasteiger partial charge on any atom is -0.365 e. The van der Waals surface area contributed by atoms with Crippen molar-refractivity contribution in [3.05, 3.63) is 54.1 Å². The number of carbonyl (C=O) groups is 1. The second-order valence-electron chi connectivity index (χ2n) is 7.34. The molecule has 1 amide bonds. The Balaban J connectivity index is 1.67. The second kappa shape index (κ2) is 8.00. The van der Waals surface area contributed by atoms with Gasteiger partial charge in [0.1, 0.15) is 5.82 Å². The van der Waals surface area contributed by atoms with Crippen molar-refractivity contribution in [1.82, 2.24) is 9.97 Å². The van der Waals surface area contributed by atoms with Crippen LogP contribution in [-0.4, -0.2) is 28.0 Å². The smallest absolute Gasteiger partial charge is 0.252 e. The third-order valence-electron chi connectivity index (χ3n) is 5.29. The largest absolute Gasteiger partial charge is 0.365 e. The first-order valence-corrected chi connectivity index (χ1v) is 9.64. The lowest BCUT2D eigenvalue weighted by atomic mass is 9.91. The summed E-state index contributed by atoms with van der Waals surface area (Å²) in [5, 5.41) is 8.15. The van der Waals surface area contributed by atoms with Gasteiger partial charge in [-0.05, 0) is 42.5 Å². The van der Waals surface area contributed by atoms with Crippen LogP contribution in [0.2, 0.25) is 0 Å². The van der Waals surface area contributed by atoms with Crippen molar-refractivity contribution < 1.29 is 9.18 Å². The lowest BCUT2D eigenvalue weighted by molar-refractivity contribution is 0.100. The van der Waals surface area contributed by atoms with Crippen LogP contribution < -0.4 is 22.1 Å². The van der Waals surface area contributed by atoms with E-state index in [1.807, 2.05) is 24.3 Å². The third-order valence-corrected chi connectivity index (χ3v) is 5.29. The maximum absolute atomic E-state index is 14.6. The molecule has 150 valence electrons. The number of rotatable bonds is 5. The second-order valence-corrected chi connectivity index (χ2v) is 7.34. The Hall–Kier alpha value is -3.26. The molecule has 4 rings (SSSR count). The van der Waals surface area contributed by atoms with Crippen molar-refractivity contribution in [2.75, 3.05) is 10.6 Å². The van der Waals surface area contributed by atoms with E-state index in [2.05, 4.69) is 20.6 Å². The van der Waals surface area contributed by atoms with Gasteiger partial charge in [-0.1, -0.05) is 18.9 Å². The highest BCUT2D eigenvalue weighted by Crippen LogP contribution is 2.27. The maximum atomic E-state index is 14.6. The summed E-state index contributed by atoms with van der Waals surface area (Å²) in [4.78, 5) is 20.3. The van der Waals surface area contributed by atoms with Crippen LogP contribution in [0.1, 0.15) is 36.0 Å². The van der Waals surface area contributed by atoms with E-state index in [1.54, 1.807) is 12.4 Å². The molecular formula is C21H23FN6O. The highest BCUT2D eigenvalue weighted by atomic mass is 19.1. The zero-order valence-corrected chi connectivity index (χ0v) is 15.9. The van der Waals surface area contributed by atoms with Gasteiger partial charge in [0.15, 0.2) is 11.6 Å². The number of primary amides is 1. The molecular weight excluding hydrogens is 371 g/mol. The van der Waals surface area contributed by atoms with Crippen LogP contribution in [0, 0.1) is 5.82 Å². The van der Waals surface area contributed by atoms with Crippen molar-refractivity contribution in [3.63, 3.8) is 0 Å². The van der Waals surface area contributed by atoms with Gasteiger partial charge in [-0.2, -0.15) is 0 Å². The number of aromatic nitrogens is 2. The van der Waals surface area contributed by atoms with Crippen molar-refractivity contribution in [3.8, 4) is 0 Å². The quantitative estimate of drug-likeness (QED) is 0.527. The first-order valence-electron chi connectivity index (χ1n) is 9.64. The molecule has 7 nitrogen and oxygen atoms in total. The fourth-order valence-electron chi connectivity index (χ4n) is 3.69. The topological polar surface area (TPSA) is 119 Å². The Labute approximate surface area is 167 Å². The van der Waals surface area contributed by atoms with Gasteiger partial charge in [0.2, 0.25) is 0 Å². The molecule has 1 aliphatic carbocycles. The van der Waals surface area contributed by atoms with E-state index in [-0.39, 0.29) is 29.3 Å². The number of amides is 1. The highest BCUT2D eigenvalue weighted by Gasteiger charge is 2.24. The SMILES string of the molecule is NC(=O)c1cc(F)c(NC2CCCCC2N)nc1Nc1ccc2cnccc2c1. The van der Waals surface area contributed by atoms with E-state index in [4.69, 9.17) is 11.5 Å². The predicted molar refractivity (Wildman–Crippen MR) is 112 cm³/mol. The summed E-state index contributed by atoms with van der Waals surface area (Å²) >= 11 is 0. The van der Waals surface area contributed by atoms with E-state index in [0.29, 0.717) is 5.69 Å². The number of benzene rings is 1. The van der Waals surface area contributed by atoms with Crippen LogP contribution in [0.15, 0.2) is 42.7 Å². The number of nitrogens with two attached hydrogens (primary N) is 2. The average molecular weight is 394 g/mol. The molecule has 0 aliphatic heterocycles. The number of nitrogens with zero attached hydrogens (tertiary/aromatic N) is 2. The Morgan fingerprint density at radius 3 is 2.72 bits per heavy atom. The summed E-state index contributed by atoms with van der Waals surface area (Å²) in [5.74, 6) is -1.14. The summed E-state index contributed by atoms with van der Waals surface area (Å²) in [7, 11) is 0. The minimum absolute atomic E-state index is 0.0178. The number of fused-ring (bicyclic) bond motifs is 1. The standard InChI is InChI=1S/C21H23FN6O/c22-16-10-15(19(24)29)20(28-21(16)27-18-4-2-1-3-17(18)23)26-14-6-5-13-11-25-8-7-12(13)9-14/h5-11,17-18H,1-4,23H2,(H2,24,29)(H2,26,27,28). The van der Waals surface area contributed by atoms with Crippen LogP contribution in [0.3, 0.4) is 0 Å². The Kier molecular flexibility index (Phi) is 5.26. The van der Waals surface area contributed by atoms with Gasteiger partial charge >= 0.3 is 0 Å². The van der Waals surface area contributed by atoms with Crippen molar-refractivity contribution in [1.29, 1.82) is 0 Å². The molecule has 3 aromatic rings. The first-order chi connectivity index (χ1) is 14.0. The zero-order chi connectivity index (χ0) is 20.4. The third kappa shape index (κ3) is 4.12. The summed E-state index contributed by atoms with van der Waals surface area (Å²) in [6.45, 7) is 0. The van der Waals surface area contributed by atoms with E-state index in [1.165, 1.54) is 0 Å². The summed E-state index contributed by atoms with van der Waals surface area (Å²) in [6.07, 6.45) is 7.30. The van der Waals surface area contributed by atoms with Crippen LogP contribution in [0.4, 0.5) is 21.7 Å². The number of nitrogens with one attached hydrogen (secondary N) is 2.